The summed E-state index contributed by atoms with van der Waals surface area (Å²) in [6.07, 6.45) is -2.25. The molecular formula is C7H9FN2O5. The van der Waals surface area contributed by atoms with E-state index in [2.05, 4.69) is 4.74 Å². The standard InChI is InChI=1S/C7H9FN2O5/c1-2-15-5(13)7(8)3(11)9-6(14)10-4(7)12/h3,11H,2H2,1H3,(H2,9,10,12,14). The van der Waals surface area contributed by atoms with Gasteiger partial charge in [-0.2, -0.15) is 0 Å². The van der Waals surface area contributed by atoms with E-state index in [1.54, 1.807) is 5.32 Å². The Balaban J connectivity index is 2.94. The van der Waals surface area contributed by atoms with Crippen LogP contribution in [0.5, 0.6) is 0 Å². The van der Waals surface area contributed by atoms with Crippen molar-refractivity contribution in [2.75, 3.05) is 6.61 Å². The van der Waals surface area contributed by atoms with E-state index in [1.807, 2.05) is 0 Å². The van der Waals surface area contributed by atoms with Crippen LogP contribution in [-0.4, -0.2) is 41.5 Å². The predicted octanol–water partition coefficient (Wildman–Crippen LogP) is -1.58. The average Bonchev–Trinajstić information content (AvgIpc) is 2.14. The monoisotopic (exact) mass is 220 g/mol. The smallest absolute Gasteiger partial charge is 0.358 e. The Morgan fingerprint density at radius 3 is 2.73 bits per heavy atom. The van der Waals surface area contributed by atoms with E-state index in [9.17, 15) is 18.8 Å². The van der Waals surface area contributed by atoms with Gasteiger partial charge in [0.05, 0.1) is 6.61 Å². The molecule has 1 saturated heterocycles. The Bertz CT molecular complexity index is 321. The zero-order valence-corrected chi connectivity index (χ0v) is 7.74. The molecule has 0 aromatic carbocycles. The minimum absolute atomic E-state index is 0.154. The largest absolute Gasteiger partial charge is 0.463 e. The van der Waals surface area contributed by atoms with Crippen molar-refractivity contribution in [2.45, 2.75) is 18.8 Å². The number of alkyl halides is 1. The van der Waals surface area contributed by atoms with Gasteiger partial charge in [-0.1, -0.05) is 0 Å². The van der Waals surface area contributed by atoms with E-state index in [-0.39, 0.29) is 6.61 Å². The molecule has 8 heteroatoms. The molecule has 0 spiro atoms. The van der Waals surface area contributed by atoms with Crippen LogP contribution >= 0.6 is 0 Å². The maximum absolute atomic E-state index is 13.8. The molecule has 3 N–H and O–H groups in total. The Kier molecular flexibility index (Phi) is 2.89. The topological polar surface area (TPSA) is 105 Å². The lowest BCUT2D eigenvalue weighted by Gasteiger charge is -2.30. The molecule has 2 atom stereocenters. The second-order valence-electron chi connectivity index (χ2n) is 2.76. The van der Waals surface area contributed by atoms with Gasteiger partial charge in [-0.25, -0.2) is 14.0 Å². The maximum atomic E-state index is 13.8. The molecule has 3 amide bonds. The van der Waals surface area contributed by atoms with Crippen molar-refractivity contribution in [2.24, 2.45) is 0 Å². The number of carbonyl (C=O) groups is 3. The molecule has 0 aliphatic carbocycles. The van der Waals surface area contributed by atoms with Crippen LogP contribution in [-0.2, 0) is 14.3 Å². The number of imide groups is 1. The summed E-state index contributed by atoms with van der Waals surface area (Å²) in [5, 5.41) is 12.3. The molecule has 0 bridgehead atoms. The molecule has 1 rings (SSSR count). The average molecular weight is 220 g/mol. The number of hydrogen-bond donors (Lipinski definition) is 3. The van der Waals surface area contributed by atoms with E-state index < -0.39 is 29.8 Å². The molecule has 0 aromatic heterocycles. The fourth-order valence-electron chi connectivity index (χ4n) is 1.02. The van der Waals surface area contributed by atoms with Gasteiger partial charge in [0.15, 0.2) is 6.23 Å². The second-order valence-corrected chi connectivity index (χ2v) is 2.76. The normalized spacial score (nSPS) is 30.5. The van der Waals surface area contributed by atoms with Gasteiger partial charge in [-0.3, -0.25) is 10.1 Å². The molecule has 0 aromatic rings. The molecule has 1 heterocycles. The fourth-order valence-corrected chi connectivity index (χ4v) is 1.02. The SMILES string of the molecule is CCOC(=O)C1(F)C(=O)NC(=O)NC1O. The third-order valence-electron chi connectivity index (χ3n) is 1.77. The van der Waals surface area contributed by atoms with Crippen LogP contribution < -0.4 is 10.6 Å². The lowest BCUT2D eigenvalue weighted by atomic mass is 10.0. The first-order chi connectivity index (χ1) is 6.92. The number of aliphatic hydroxyl groups is 1. The number of ether oxygens (including phenoxy) is 1. The van der Waals surface area contributed by atoms with Gasteiger partial charge in [0.25, 0.3) is 5.91 Å². The Hall–Kier alpha value is -1.70. The van der Waals surface area contributed by atoms with Gasteiger partial charge >= 0.3 is 17.7 Å². The summed E-state index contributed by atoms with van der Waals surface area (Å²) in [5.74, 6) is -3.09. The van der Waals surface area contributed by atoms with Crippen LogP contribution in [0, 0.1) is 0 Å². The molecule has 1 aliphatic heterocycles. The van der Waals surface area contributed by atoms with Crippen molar-refractivity contribution in [1.82, 2.24) is 10.6 Å². The van der Waals surface area contributed by atoms with Gasteiger partial charge in [0.2, 0.25) is 0 Å². The Morgan fingerprint density at radius 1 is 1.67 bits per heavy atom. The number of hydrogen-bond acceptors (Lipinski definition) is 5. The first-order valence-electron chi connectivity index (χ1n) is 4.09. The third-order valence-corrected chi connectivity index (χ3v) is 1.77. The number of carbonyl (C=O) groups excluding carboxylic acids is 3. The molecule has 0 radical (unpaired) electrons. The summed E-state index contributed by atoms with van der Waals surface area (Å²) < 4.78 is 18.0. The number of amides is 3. The van der Waals surface area contributed by atoms with Crippen LogP contribution in [0.25, 0.3) is 0 Å². The van der Waals surface area contributed by atoms with Crippen LogP contribution in [0.4, 0.5) is 9.18 Å². The van der Waals surface area contributed by atoms with Crippen LogP contribution in [0.1, 0.15) is 6.92 Å². The van der Waals surface area contributed by atoms with Crippen LogP contribution in [0.2, 0.25) is 0 Å². The highest BCUT2D eigenvalue weighted by Crippen LogP contribution is 2.20. The number of urea groups is 1. The molecule has 2 unspecified atom stereocenters. The number of nitrogens with one attached hydrogen (secondary N) is 2. The highest BCUT2D eigenvalue weighted by molar-refractivity contribution is 6.13. The van der Waals surface area contributed by atoms with Crippen molar-refractivity contribution in [3.8, 4) is 0 Å². The van der Waals surface area contributed by atoms with E-state index in [0.29, 0.717) is 0 Å². The fraction of sp³-hybridized carbons (Fsp3) is 0.571. The quantitative estimate of drug-likeness (QED) is 0.384. The molecule has 84 valence electrons. The summed E-state index contributed by atoms with van der Waals surface area (Å²) in [4.78, 5) is 32.8. The van der Waals surface area contributed by atoms with Crippen molar-refractivity contribution in [3.05, 3.63) is 0 Å². The van der Waals surface area contributed by atoms with E-state index in [0.717, 1.165) is 0 Å². The number of esters is 1. The summed E-state index contributed by atoms with van der Waals surface area (Å²) in [7, 11) is 0. The van der Waals surface area contributed by atoms with Crippen molar-refractivity contribution in [1.29, 1.82) is 0 Å². The van der Waals surface area contributed by atoms with Crippen molar-refractivity contribution in [3.63, 3.8) is 0 Å². The number of halogens is 1. The lowest BCUT2D eigenvalue weighted by molar-refractivity contribution is -0.174. The van der Waals surface area contributed by atoms with Gasteiger partial charge in [-0.05, 0) is 6.92 Å². The third kappa shape index (κ3) is 1.75. The number of rotatable bonds is 2. The van der Waals surface area contributed by atoms with Gasteiger partial charge in [0, 0.05) is 0 Å². The first kappa shape index (κ1) is 11.4. The lowest BCUT2D eigenvalue weighted by Crippen LogP contribution is -2.70. The van der Waals surface area contributed by atoms with Crippen molar-refractivity contribution >= 4 is 17.9 Å². The second kappa shape index (κ2) is 3.81. The van der Waals surface area contributed by atoms with E-state index >= 15 is 0 Å². The summed E-state index contributed by atoms with van der Waals surface area (Å²) >= 11 is 0. The maximum Gasteiger partial charge on any atom is 0.358 e. The molecule has 15 heavy (non-hydrogen) atoms. The summed E-state index contributed by atoms with van der Waals surface area (Å²) in [6, 6.07) is -1.08. The summed E-state index contributed by atoms with van der Waals surface area (Å²) in [5.41, 5.74) is -3.30. The Labute approximate surface area is 83.6 Å². The van der Waals surface area contributed by atoms with Gasteiger partial charge in [-0.15, -0.1) is 0 Å². The first-order valence-corrected chi connectivity index (χ1v) is 4.09. The molecule has 1 fully saturated rings. The van der Waals surface area contributed by atoms with Gasteiger partial charge < -0.3 is 15.2 Å². The summed E-state index contributed by atoms with van der Waals surface area (Å²) in [6.45, 7) is 1.26. The van der Waals surface area contributed by atoms with Crippen LogP contribution in [0.15, 0.2) is 0 Å². The minimum atomic E-state index is -3.30. The molecule has 1 aliphatic rings. The zero-order chi connectivity index (χ0) is 11.6. The molecule has 0 saturated carbocycles. The van der Waals surface area contributed by atoms with Gasteiger partial charge in [0.1, 0.15) is 0 Å². The molecular weight excluding hydrogens is 211 g/mol. The molecule has 7 nitrogen and oxygen atoms in total. The zero-order valence-electron chi connectivity index (χ0n) is 7.74. The highest BCUT2D eigenvalue weighted by Gasteiger charge is 2.58. The van der Waals surface area contributed by atoms with Crippen molar-refractivity contribution < 1.29 is 28.6 Å². The predicted molar refractivity (Wildman–Crippen MR) is 43.2 cm³/mol. The van der Waals surface area contributed by atoms with E-state index in [1.165, 1.54) is 12.2 Å². The number of aliphatic hydroxyl groups excluding tert-OH is 1. The highest BCUT2D eigenvalue weighted by atomic mass is 19.1. The minimum Gasteiger partial charge on any atom is -0.463 e. The van der Waals surface area contributed by atoms with E-state index in [4.69, 9.17) is 5.11 Å². The Morgan fingerprint density at radius 2 is 2.27 bits per heavy atom. The van der Waals surface area contributed by atoms with Crippen LogP contribution in [0.3, 0.4) is 0 Å².